The average Bonchev–Trinajstić information content (AvgIpc) is 2.60. The molecule has 2 amide bonds. The Morgan fingerprint density at radius 3 is 2.73 bits per heavy atom. The molecule has 140 valence electrons. The van der Waals surface area contributed by atoms with E-state index in [1.54, 1.807) is 18.2 Å². The van der Waals surface area contributed by atoms with E-state index in [1.807, 2.05) is 37.3 Å². The lowest BCUT2D eigenvalue weighted by Gasteiger charge is -2.32. The van der Waals surface area contributed by atoms with Crippen LogP contribution in [0.15, 0.2) is 30.5 Å². The summed E-state index contributed by atoms with van der Waals surface area (Å²) in [4.78, 5) is 25.9. The molecule has 0 spiro atoms. The van der Waals surface area contributed by atoms with Crippen molar-refractivity contribution in [3.8, 4) is 0 Å². The lowest BCUT2D eigenvalue weighted by atomic mass is 9.93. The fourth-order valence-electron chi connectivity index (χ4n) is 2.82. The van der Waals surface area contributed by atoms with Crippen LogP contribution in [0, 0.1) is 0 Å². The predicted molar refractivity (Wildman–Crippen MR) is 104 cm³/mol. The summed E-state index contributed by atoms with van der Waals surface area (Å²) in [5.74, 6) is -0.387. The average molecular weight is 376 g/mol. The molecular weight excluding hydrogens is 352 g/mol. The van der Waals surface area contributed by atoms with E-state index in [0.29, 0.717) is 11.7 Å². The Morgan fingerprint density at radius 2 is 2.04 bits per heavy atom. The monoisotopic (exact) mass is 376 g/mol. The Balaban J connectivity index is 1.97. The number of hydrogen-bond donors (Lipinski definition) is 3. The number of nitrogens with one attached hydrogen (secondary N) is 3. The molecule has 7 nitrogen and oxygen atoms in total. The number of rotatable bonds is 5. The quantitative estimate of drug-likeness (QED) is 0.533. The predicted octanol–water partition coefficient (Wildman–Crippen LogP) is 1.48. The third-order valence-electron chi connectivity index (χ3n) is 3.96. The number of carbonyl (C=O) groups is 2. The van der Waals surface area contributed by atoms with E-state index in [1.165, 1.54) is 6.92 Å². The Kier molecular flexibility index (Phi) is 7.11. The maximum atomic E-state index is 12.4. The van der Waals surface area contributed by atoms with Crippen molar-refractivity contribution in [2.75, 3.05) is 13.7 Å². The van der Waals surface area contributed by atoms with E-state index in [-0.39, 0.29) is 30.3 Å². The molecule has 2 rings (SSSR count). The maximum absolute atomic E-state index is 12.4. The SMILES string of the molecule is COC[C@H](C)NC(=S)NNC(=O)C[C@@H]1c2ccccc2C=CN1C(C)=O. The first-order chi connectivity index (χ1) is 12.4. The van der Waals surface area contributed by atoms with Crippen LogP contribution >= 0.6 is 12.2 Å². The first-order valence-electron chi connectivity index (χ1n) is 8.32. The zero-order chi connectivity index (χ0) is 19.1. The third-order valence-corrected chi connectivity index (χ3v) is 4.18. The molecule has 1 aromatic carbocycles. The van der Waals surface area contributed by atoms with E-state index in [9.17, 15) is 9.59 Å². The highest BCUT2D eigenvalue weighted by molar-refractivity contribution is 7.80. The van der Waals surface area contributed by atoms with Crippen molar-refractivity contribution in [2.24, 2.45) is 0 Å². The molecule has 1 aliphatic heterocycles. The van der Waals surface area contributed by atoms with Gasteiger partial charge >= 0.3 is 0 Å². The first kappa shape index (κ1) is 19.9. The summed E-state index contributed by atoms with van der Waals surface area (Å²) in [6, 6.07) is 7.37. The Hall–Kier alpha value is -2.45. The highest BCUT2D eigenvalue weighted by Gasteiger charge is 2.28. The molecule has 0 aromatic heterocycles. The molecule has 8 heteroatoms. The van der Waals surface area contributed by atoms with Crippen molar-refractivity contribution in [3.63, 3.8) is 0 Å². The number of ether oxygens (including phenoxy) is 1. The van der Waals surface area contributed by atoms with Gasteiger partial charge in [0.25, 0.3) is 0 Å². The van der Waals surface area contributed by atoms with Crippen molar-refractivity contribution in [2.45, 2.75) is 32.4 Å². The van der Waals surface area contributed by atoms with Crippen molar-refractivity contribution >= 4 is 35.2 Å². The summed E-state index contributed by atoms with van der Waals surface area (Å²) in [6.45, 7) is 3.89. The fourth-order valence-corrected chi connectivity index (χ4v) is 3.07. The van der Waals surface area contributed by atoms with Gasteiger partial charge in [-0.25, -0.2) is 0 Å². The molecule has 0 aliphatic carbocycles. The number of nitrogens with zero attached hydrogens (tertiary/aromatic N) is 1. The summed E-state index contributed by atoms with van der Waals surface area (Å²) < 4.78 is 5.02. The van der Waals surface area contributed by atoms with E-state index < -0.39 is 0 Å². The molecule has 1 aliphatic rings. The number of amides is 2. The molecular formula is C18H24N4O3S. The number of thiocarbonyl (C=S) groups is 1. The van der Waals surface area contributed by atoms with Gasteiger partial charge in [-0.15, -0.1) is 0 Å². The van der Waals surface area contributed by atoms with Crippen LogP contribution in [-0.2, 0) is 14.3 Å². The second-order valence-corrected chi connectivity index (χ2v) is 6.50. The Bertz CT molecular complexity index is 707. The normalized spacial score (nSPS) is 16.4. The summed E-state index contributed by atoms with van der Waals surface area (Å²) in [6.07, 6.45) is 3.71. The first-order valence-corrected chi connectivity index (χ1v) is 8.73. The van der Waals surface area contributed by atoms with Crippen LogP contribution in [0.5, 0.6) is 0 Å². The van der Waals surface area contributed by atoms with Gasteiger partial charge in [-0.1, -0.05) is 24.3 Å². The molecule has 0 saturated heterocycles. The summed E-state index contributed by atoms with van der Waals surface area (Å²) >= 11 is 5.13. The number of hydrogen-bond acceptors (Lipinski definition) is 4. The van der Waals surface area contributed by atoms with Crippen LogP contribution < -0.4 is 16.2 Å². The lowest BCUT2D eigenvalue weighted by Crippen LogP contribution is -2.50. The standard InChI is InChI=1S/C18H24N4O3S/c1-12(11-25-3)19-18(26)21-20-17(24)10-16-15-7-5-4-6-14(15)8-9-22(16)13(2)23/h4-9,12,16H,10-11H2,1-3H3,(H,20,24)(H2,19,21,26)/t12-,16+/m0/s1. The minimum atomic E-state index is -0.357. The van der Waals surface area contributed by atoms with Crippen LogP contribution in [0.1, 0.15) is 37.4 Å². The molecule has 0 bridgehead atoms. The second-order valence-electron chi connectivity index (χ2n) is 6.09. The number of methoxy groups -OCH3 is 1. The van der Waals surface area contributed by atoms with E-state index in [4.69, 9.17) is 17.0 Å². The summed E-state index contributed by atoms with van der Waals surface area (Å²) in [7, 11) is 1.60. The van der Waals surface area contributed by atoms with Gasteiger partial charge in [0, 0.05) is 26.3 Å². The number of fused-ring (bicyclic) bond motifs is 1. The highest BCUT2D eigenvalue weighted by Crippen LogP contribution is 2.32. The Labute approximate surface area is 158 Å². The zero-order valence-corrected chi connectivity index (χ0v) is 15.9. The number of benzene rings is 1. The van der Waals surface area contributed by atoms with E-state index in [0.717, 1.165) is 11.1 Å². The van der Waals surface area contributed by atoms with Gasteiger partial charge < -0.3 is 15.0 Å². The highest BCUT2D eigenvalue weighted by atomic mass is 32.1. The maximum Gasteiger partial charge on any atom is 0.240 e. The molecule has 0 saturated carbocycles. The molecule has 0 unspecified atom stereocenters. The van der Waals surface area contributed by atoms with Gasteiger partial charge in [0.2, 0.25) is 11.8 Å². The Morgan fingerprint density at radius 1 is 1.31 bits per heavy atom. The van der Waals surface area contributed by atoms with Gasteiger partial charge in [0.05, 0.1) is 19.1 Å². The van der Waals surface area contributed by atoms with E-state index >= 15 is 0 Å². The molecule has 0 radical (unpaired) electrons. The molecule has 3 N–H and O–H groups in total. The summed E-state index contributed by atoms with van der Waals surface area (Å²) in [5.41, 5.74) is 7.19. The van der Waals surface area contributed by atoms with Gasteiger partial charge in [0.1, 0.15) is 0 Å². The van der Waals surface area contributed by atoms with Crippen LogP contribution in [0.3, 0.4) is 0 Å². The van der Waals surface area contributed by atoms with Gasteiger partial charge in [-0.05, 0) is 36.3 Å². The van der Waals surface area contributed by atoms with Gasteiger partial charge in [-0.3, -0.25) is 20.4 Å². The van der Waals surface area contributed by atoms with E-state index in [2.05, 4.69) is 16.2 Å². The third kappa shape index (κ3) is 5.27. The largest absolute Gasteiger partial charge is 0.383 e. The lowest BCUT2D eigenvalue weighted by molar-refractivity contribution is -0.130. The molecule has 1 heterocycles. The van der Waals surface area contributed by atoms with Crippen LogP contribution in [0.25, 0.3) is 6.08 Å². The van der Waals surface area contributed by atoms with Crippen LogP contribution in [0.2, 0.25) is 0 Å². The van der Waals surface area contributed by atoms with Crippen molar-refractivity contribution < 1.29 is 14.3 Å². The molecule has 2 atom stereocenters. The smallest absolute Gasteiger partial charge is 0.240 e. The topological polar surface area (TPSA) is 82.7 Å². The van der Waals surface area contributed by atoms with Crippen molar-refractivity contribution in [3.05, 3.63) is 41.6 Å². The molecule has 1 aromatic rings. The van der Waals surface area contributed by atoms with Crippen LogP contribution in [0.4, 0.5) is 0 Å². The van der Waals surface area contributed by atoms with Crippen molar-refractivity contribution in [1.82, 2.24) is 21.1 Å². The summed E-state index contributed by atoms with van der Waals surface area (Å²) in [5, 5.41) is 3.29. The number of hydrazine groups is 1. The van der Waals surface area contributed by atoms with Crippen LogP contribution in [-0.4, -0.2) is 41.6 Å². The van der Waals surface area contributed by atoms with Gasteiger partial charge in [-0.2, -0.15) is 0 Å². The zero-order valence-electron chi connectivity index (χ0n) is 15.1. The molecule has 26 heavy (non-hydrogen) atoms. The number of carbonyl (C=O) groups excluding carboxylic acids is 2. The molecule has 0 fully saturated rings. The second kappa shape index (κ2) is 9.30. The minimum Gasteiger partial charge on any atom is -0.383 e. The van der Waals surface area contributed by atoms with Crippen molar-refractivity contribution in [1.29, 1.82) is 0 Å². The fraction of sp³-hybridized carbons (Fsp3) is 0.389. The van der Waals surface area contributed by atoms with Gasteiger partial charge in [0.15, 0.2) is 5.11 Å². The minimum absolute atomic E-state index is 0.0143.